The van der Waals surface area contributed by atoms with Crippen molar-refractivity contribution >= 4 is 5.90 Å². The Morgan fingerprint density at radius 1 is 1.71 bits per heavy atom. The molecule has 0 aromatic carbocycles. The topological polar surface area (TPSA) is 21.6 Å². The van der Waals surface area contributed by atoms with Crippen LogP contribution in [0.25, 0.3) is 0 Å². The largest absolute Gasteiger partial charge is 0.482 e. The van der Waals surface area contributed by atoms with Crippen molar-refractivity contribution in [2.75, 3.05) is 13.7 Å². The lowest BCUT2D eigenvalue weighted by molar-refractivity contribution is 0.324. The van der Waals surface area contributed by atoms with Gasteiger partial charge in [-0.3, -0.25) is 4.99 Å². The highest BCUT2D eigenvalue weighted by atomic mass is 16.5. The van der Waals surface area contributed by atoms with Gasteiger partial charge < -0.3 is 4.74 Å². The first-order chi connectivity index (χ1) is 3.31. The summed E-state index contributed by atoms with van der Waals surface area (Å²) in [6, 6.07) is 0. The molecule has 0 heterocycles. The average Bonchev–Trinajstić information content (AvgIpc) is 1.68. The van der Waals surface area contributed by atoms with Crippen LogP contribution in [-0.4, -0.2) is 19.6 Å². The Morgan fingerprint density at radius 2 is 2.29 bits per heavy atom. The van der Waals surface area contributed by atoms with Crippen LogP contribution in [0.2, 0.25) is 0 Å². The molecule has 0 N–H and O–H groups in total. The zero-order chi connectivity index (χ0) is 5.70. The van der Waals surface area contributed by atoms with E-state index < -0.39 is 0 Å². The molecule has 0 fully saturated rings. The van der Waals surface area contributed by atoms with Crippen LogP contribution in [0.15, 0.2) is 4.99 Å². The standard InChI is InChI=1S/C5H11NO/c1-4-7-5(2)6-3/h4H2,1-3H3/b6-5-. The van der Waals surface area contributed by atoms with Crippen molar-refractivity contribution < 1.29 is 4.74 Å². The monoisotopic (exact) mass is 101 g/mol. The predicted molar refractivity (Wildman–Crippen MR) is 30.7 cm³/mol. The van der Waals surface area contributed by atoms with Gasteiger partial charge in [-0.25, -0.2) is 0 Å². The van der Waals surface area contributed by atoms with Crippen molar-refractivity contribution in [3.8, 4) is 0 Å². The lowest BCUT2D eigenvalue weighted by Crippen LogP contribution is -1.96. The van der Waals surface area contributed by atoms with E-state index in [2.05, 4.69) is 4.99 Å². The van der Waals surface area contributed by atoms with E-state index in [1.807, 2.05) is 13.8 Å². The molecular formula is C5H11NO. The molecule has 42 valence electrons. The maximum atomic E-state index is 4.94. The molecule has 7 heavy (non-hydrogen) atoms. The van der Waals surface area contributed by atoms with E-state index in [0.29, 0.717) is 6.61 Å². The Labute approximate surface area is 44.2 Å². The first-order valence-corrected chi connectivity index (χ1v) is 2.37. The summed E-state index contributed by atoms with van der Waals surface area (Å²) in [5.74, 6) is 0.752. The Balaban J connectivity index is 3.17. The molecule has 0 aliphatic rings. The van der Waals surface area contributed by atoms with E-state index in [1.54, 1.807) is 7.05 Å². The normalized spacial score (nSPS) is 11.6. The molecule has 0 atom stereocenters. The van der Waals surface area contributed by atoms with Crippen LogP contribution in [-0.2, 0) is 4.74 Å². The van der Waals surface area contributed by atoms with Gasteiger partial charge in [0.1, 0.15) is 0 Å². The summed E-state index contributed by atoms with van der Waals surface area (Å²) in [4.78, 5) is 3.77. The van der Waals surface area contributed by atoms with Gasteiger partial charge in [0.15, 0.2) is 5.90 Å². The third-order valence-corrected chi connectivity index (χ3v) is 0.668. The lowest BCUT2D eigenvalue weighted by Gasteiger charge is -1.96. The fourth-order valence-corrected chi connectivity index (χ4v) is 0.273. The third-order valence-electron chi connectivity index (χ3n) is 0.668. The fourth-order valence-electron chi connectivity index (χ4n) is 0.273. The van der Waals surface area contributed by atoms with Crippen LogP contribution < -0.4 is 0 Å². The summed E-state index contributed by atoms with van der Waals surface area (Å²) >= 11 is 0. The molecular weight excluding hydrogens is 90.1 g/mol. The molecule has 0 aliphatic carbocycles. The van der Waals surface area contributed by atoms with Gasteiger partial charge in [-0.2, -0.15) is 0 Å². The summed E-state index contributed by atoms with van der Waals surface area (Å²) in [6.07, 6.45) is 0. The first kappa shape index (κ1) is 6.47. The van der Waals surface area contributed by atoms with E-state index in [4.69, 9.17) is 4.74 Å². The number of hydrogen-bond donors (Lipinski definition) is 0. The van der Waals surface area contributed by atoms with Crippen LogP contribution in [0.3, 0.4) is 0 Å². The van der Waals surface area contributed by atoms with Crippen molar-refractivity contribution in [2.45, 2.75) is 13.8 Å². The van der Waals surface area contributed by atoms with Crippen LogP contribution in [0.4, 0.5) is 0 Å². The van der Waals surface area contributed by atoms with Crippen molar-refractivity contribution in [3.05, 3.63) is 0 Å². The summed E-state index contributed by atoms with van der Waals surface area (Å²) in [5.41, 5.74) is 0. The molecule has 0 aliphatic heterocycles. The second-order valence-electron chi connectivity index (χ2n) is 1.18. The summed E-state index contributed by atoms with van der Waals surface area (Å²) in [7, 11) is 1.71. The highest BCUT2D eigenvalue weighted by molar-refractivity contribution is 5.72. The Bertz CT molecular complexity index is 68.5. The van der Waals surface area contributed by atoms with Gasteiger partial charge in [0.05, 0.1) is 6.61 Å². The second kappa shape index (κ2) is 3.65. The third kappa shape index (κ3) is 3.30. The van der Waals surface area contributed by atoms with Crippen LogP contribution in [0.1, 0.15) is 13.8 Å². The van der Waals surface area contributed by atoms with Crippen molar-refractivity contribution in [2.24, 2.45) is 4.99 Å². The Kier molecular flexibility index (Phi) is 3.38. The summed E-state index contributed by atoms with van der Waals surface area (Å²) < 4.78 is 4.94. The summed E-state index contributed by atoms with van der Waals surface area (Å²) in [5, 5.41) is 0. The zero-order valence-electron chi connectivity index (χ0n) is 5.06. The highest BCUT2D eigenvalue weighted by Crippen LogP contribution is 1.76. The first-order valence-electron chi connectivity index (χ1n) is 2.37. The molecule has 0 rings (SSSR count). The second-order valence-corrected chi connectivity index (χ2v) is 1.18. The molecule has 2 heteroatoms. The van der Waals surface area contributed by atoms with Crippen LogP contribution >= 0.6 is 0 Å². The summed E-state index contributed by atoms with van der Waals surface area (Å²) in [6.45, 7) is 4.49. The minimum absolute atomic E-state index is 0.711. The van der Waals surface area contributed by atoms with Crippen molar-refractivity contribution in [1.82, 2.24) is 0 Å². The lowest BCUT2D eigenvalue weighted by atomic mass is 10.7. The van der Waals surface area contributed by atoms with E-state index >= 15 is 0 Å². The van der Waals surface area contributed by atoms with Gasteiger partial charge in [-0.05, 0) is 6.92 Å². The number of nitrogens with zero attached hydrogens (tertiary/aromatic N) is 1. The van der Waals surface area contributed by atoms with E-state index in [0.717, 1.165) is 5.90 Å². The van der Waals surface area contributed by atoms with E-state index in [1.165, 1.54) is 0 Å². The molecule has 0 spiro atoms. The van der Waals surface area contributed by atoms with Gasteiger partial charge in [-0.15, -0.1) is 0 Å². The molecule has 0 amide bonds. The van der Waals surface area contributed by atoms with Gasteiger partial charge in [0.25, 0.3) is 0 Å². The zero-order valence-corrected chi connectivity index (χ0v) is 5.06. The van der Waals surface area contributed by atoms with Gasteiger partial charge in [0, 0.05) is 14.0 Å². The van der Waals surface area contributed by atoms with Crippen molar-refractivity contribution in [3.63, 3.8) is 0 Å². The van der Waals surface area contributed by atoms with E-state index in [9.17, 15) is 0 Å². The average molecular weight is 101 g/mol. The van der Waals surface area contributed by atoms with Crippen LogP contribution in [0.5, 0.6) is 0 Å². The molecule has 2 nitrogen and oxygen atoms in total. The van der Waals surface area contributed by atoms with Gasteiger partial charge in [0.2, 0.25) is 0 Å². The van der Waals surface area contributed by atoms with Gasteiger partial charge in [-0.1, -0.05) is 0 Å². The quantitative estimate of drug-likeness (QED) is 0.357. The van der Waals surface area contributed by atoms with E-state index in [-0.39, 0.29) is 0 Å². The Hall–Kier alpha value is -0.530. The molecule has 0 unspecified atom stereocenters. The number of ether oxygens (including phenoxy) is 1. The minimum Gasteiger partial charge on any atom is -0.482 e. The SMILES string of the molecule is CCO/C(C)=N\C. The molecule has 0 saturated heterocycles. The van der Waals surface area contributed by atoms with Gasteiger partial charge >= 0.3 is 0 Å². The molecule has 0 saturated carbocycles. The maximum Gasteiger partial charge on any atom is 0.179 e. The molecule has 0 bridgehead atoms. The van der Waals surface area contributed by atoms with Crippen LogP contribution in [0, 0.1) is 0 Å². The number of aliphatic imine (C=N–C) groups is 1. The van der Waals surface area contributed by atoms with Crippen molar-refractivity contribution in [1.29, 1.82) is 0 Å². The molecule has 0 radical (unpaired) electrons. The number of hydrogen-bond acceptors (Lipinski definition) is 2. The minimum atomic E-state index is 0.711. The number of rotatable bonds is 1. The molecule has 0 aromatic rings. The maximum absolute atomic E-state index is 4.94. The highest BCUT2D eigenvalue weighted by Gasteiger charge is 1.79. The molecule has 0 aromatic heterocycles. The smallest absolute Gasteiger partial charge is 0.179 e. The fraction of sp³-hybridized carbons (Fsp3) is 0.800. The predicted octanol–water partition coefficient (Wildman–Crippen LogP) is 1.07. The Morgan fingerprint density at radius 3 is 2.43 bits per heavy atom.